The molecule has 5 aromatic carbocycles. The maximum absolute atomic E-state index is 12.6. The second-order valence-corrected chi connectivity index (χ2v) is 13.1. The first-order chi connectivity index (χ1) is 24.9. The molecule has 258 valence electrons. The number of unbranched alkanes of at least 4 members (excludes halogenated alkanes) is 2. The third kappa shape index (κ3) is 7.42. The van der Waals surface area contributed by atoms with Gasteiger partial charge in [0.15, 0.2) is 5.82 Å². The molecule has 8 heteroatoms. The molecule has 0 unspecified atom stereocenters. The summed E-state index contributed by atoms with van der Waals surface area (Å²) >= 11 is 0. The lowest BCUT2D eigenvalue weighted by Crippen LogP contribution is -2.44. The van der Waals surface area contributed by atoms with E-state index in [1.54, 1.807) is 0 Å². The third-order valence-electron chi connectivity index (χ3n) is 9.45. The molecule has 1 N–H and O–H groups in total. The van der Waals surface area contributed by atoms with Crippen molar-refractivity contribution in [2.75, 3.05) is 6.54 Å². The molecule has 6 aromatic rings. The van der Waals surface area contributed by atoms with Crippen molar-refractivity contribution in [3.63, 3.8) is 0 Å². The summed E-state index contributed by atoms with van der Waals surface area (Å²) in [6.07, 6.45) is 2.80. The summed E-state index contributed by atoms with van der Waals surface area (Å²) in [6, 6.07) is 46.6. The van der Waals surface area contributed by atoms with Gasteiger partial charge in [-0.3, -0.25) is 9.69 Å². The molecule has 0 radical (unpaired) electrons. The number of nitrogens with zero attached hydrogens (tertiary/aromatic N) is 5. The Morgan fingerprint density at radius 3 is 1.82 bits per heavy atom. The van der Waals surface area contributed by atoms with Crippen molar-refractivity contribution in [2.24, 2.45) is 5.92 Å². The summed E-state index contributed by atoms with van der Waals surface area (Å²) in [5.74, 6) is -0.403. The zero-order valence-electron chi connectivity index (χ0n) is 29.0. The zero-order valence-corrected chi connectivity index (χ0v) is 29.0. The summed E-state index contributed by atoms with van der Waals surface area (Å²) < 4.78 is 1.93. The molecule has 6 rings (SSSR count). The van der Waals surface area contributed by atoms with Crippen molar-refractivity contribution in [1.82, 2.24) is 25.1 Å². The zero-order chi connectivity index (χ0) is 35.6. The van der Waals surface area contributed by atoms with Crippen molar-refractivity contribution in [1.29, 1.82) is 0 Å². The summed E-state index contributed by atoms with van der Waals surface area (Å²) in [7, 11) is 0. The van der Waals surface area contributed by atoms with Crippen molar-refractivity contribution >= 4 is 12.3 Å². The molecule has 1 atom stereocenters. The Morgan fingerprint density at radius 1 is 0.765 bits per heavy atom. The lowest BCUT2D eigenvalue weighted by molar-refractivity contribution is -0.145. The largest absolute Gasteiger partial charge is 0.480 e. The van der Waals surface area contributed by atoms with Crippen LogP contribution in [0.25, 0.3) is 22.5 Å². The summed E-state index contributed by atoms with van der Waals surface area (Å²) in [4.78, 5) is 25.6. The van der Waals surface area contributed by atoms with Gasteiger partial charge < -0.3 is 9.90 Å². The van der Waals surface area contributed by atoms with Crippen LogP contribution in [-0.2, 0) is 21.7 Å². The van der Waals surface area contributed by atoms with Crippen molar-refractivity contribution in [2.45, 2.75) is 51.2 Å². The van der Waals surface area contributed by atoms with E-state index in [1.165, 1.54) is 0 Å². The highest BCUT2D eigenvalue weighted by atomic mass is 16.4. The molecule has 0 bridgehead atoms. The summed E-state index contributed by atoms with van der Waals surface area (Å²) in [5.41, 5.74) is 5.77. The van der Waals surface area contributed by atoms with Crippen LogP contribution in [0.2, 0.25) is 0 Å². The van der Waals surface area contributed by atoms with E-state index >= 15 is 0 Å². The van der Waals surface area contributed by atoms with Crippen LogP contribution in [0, 0.1) is 5.92 Å². The summed E-state index contributed by atoms with van der Waals surface area (Å²) in [6.45, 7) is 4.83. The van der Waals surface area contributed by atoms with Crippen LogP contribution in [0.1, 0.15) is 55.4 Å². The number of carbonyl (C=O) groups excluding carboxylic acids is 1. The maximum atomic E-state index is 12.6. The molecule has 51 heavy (non-hydrogen) atoms. The number of rotatable bonds is 16. The van der Waals surface area contributed by atoms with Gasteiger partial charge in [0.25, 0.3) is 0 Å². The topological polar surface area (TPSA) is 101 Å². The average Bonchev–Trinajstić information content (AvgIpc) is 3.65. The fourth-order valence-corrected chi connectivity index (χ4v) is 7.19. The van der Waals surface area contributed by atoms with Gasteiger partial charge in [0.1, 0.15) is 17.9 Å². The van der Waals surface area contributed by atoms with Crippen molar-refractivity contribution in [3.05, 3.63) is 162 Å². The first-order valence-corrected chi connectivity index (χ1v) is 17.5. The normalized spacial score (nSPS) is 12.2. The first-order valence-electron chi connectivity index (χ1n) is 17.5. The van der Waals surface area contributed by atoms with E-state index in [0.717, 1.165) is 51.7 Å². The van der Waals surface area contributed by atoms with Crippen LogP contribution >= 0.6 is 0 Å². The van der Waals surface area contributed by atoms with E-state index < -0.39 is 17.6 Å². The number of aldehydes is 1. The third-order valence-corrected chi connectivity index (χ3v) is 9.45. The minimum absolute atomic E-state index is 0.118. The van der Waals surface area contributed by atoms with Crippen LogP contribution in [0.3, 0.4) is 0 Å². The van der Waals surface area contributed by atoms with Gasteiger partial charge in [-0.2, -0.15) is 0 Å². The Morgan fingerprint density at radius 2 is 1.31 bits per heavy atom. The second kappa shape index (κ2) is 16.3. The smallest absolute Gasteiger partial charge is 0.321 e. The van der Waals surface area contributed by atoms with Crippen LogP contribution < -0.4 is 0 Å². The molecule has 0 saturated carbocycles. The number of hydrogen-bond acceptors (Lipinski definition) is 6. The highest BCUT2D eigenvalue weighted by Gasteiger charge is 2.42. The Balaban J connectivity index is 1.58. The lowest BCUT2D eigenvalue weighted by Gasteiger charge is -2.36. The number of carboxylic acids is 1. The first kappa shape index (κ1) is 35.1. The predicted molar refractivity (Wildman–Crippen MR) is 200 cm³/mol. The highest BCUT2D eigenvalue weighted by molar-refractivity contribution is 5.81. The van der Waals surface area contributed by atoms with E-state index in [4.69, 9.17) is 10.3 Å². The van der Waals surface area contributed by atoms with Gasteiger partial charge in [0, 0.05) is 18.5 Å². The van der Waals surface area contributed by atoms with E-state index in [0.29, 0.717) is 31.8 Å². The molecule has 0 spiro atoms. The molecular weight excluding hydrogens is 635 g/mol. The Bertz CT molecular complexity index is 1920. The molecule has 0 saturated heterocycles. The number of aromatic nitrogens is 4. The van der Waals surface area contributed by atoms with Crippen LogP contribution in [0.5, 0.6) is 0 Å². The molecule has 0 aliphatic rings. The Hall–Kier alpha value is -5.73. The van der Waals surface area contributed by atoms with Gasteiger partial charge in [-0.25, -0.2) is 4.68 Å². The standard InChI is InChI=1S/C43H43N5O3/c1-32(2)40(42(50)51)47(28-16-7-17-29-49)31-33-26-27-38(34-18-8-3-9-19-34)39(30-33)41-44-45-46-48(41)43(35-20-10-4-11-21-35,36-22-12-5-13-23-36)37-24-14-6-15-25-37/h3-6,8-15,18-27,29-30,32,40H,7,16-17,28,31H2,1-2H3,(H,50,51)/t40-/m0/s1. The monoisotopic (exact) mass is 677 g/mol. The Labute approximate surface area is 299 Å². The lowest BCUT2D eigenvalue weighted by atomic mass is 9.77. The fraction of sp³-hybridized carbons (Fsp3) is 0.233. The predicted octanol–water partition coefficient (Wildman–Crippen LogP) is 8.13. The van der Waals surface area contributed by atoms with Gasteiger partial charge in [-0.1, -0.05) is 147 Å². The molecule has 0 amide bonds. The number of benzene rings is 5. The Kier molecular flexibility index (Phi) is 11.2. The van der Waals surface area contributed by atoms with E-state index in [2.05, 4.69) is 71.9 Å². The number of hydrogen-bond donors (Lipinski definition) is 1. The van der Waals surface area contributed by atoms with Crippen LogP contribution in [0.4, 0.5) is 0 Å². The van der Waals surface area contributed by atoms with Gasteiger partial charge in [0.05, 0.1) is 0 Å². The van der Waals surface area contributed by atoms with Crippen molar-refractivity contribution < 1.29 is 14.7 Å². The molecular formula is C43H43N5O3. The molecule has 0 aliphatic carbocycles. The number of aliphatic carboxylic acids is 1. The van der Waals surface area contributed by atoms with Gasteiger partial charge in [-0.15, -0.1) is 5.10 Å². The molecule has 8 nitrogen and oxygen atoms in total. The van der Waals surface area contributed by atoms with E-state index in [9.17, 15) is 14.7 Å². The fourth-order valence-electron chi connectivity index (χ4n) is 7.19. The van der Waals surface area contributed by atoms with Crippen LogP contribution in [-0.4, -0.2) is 55.1 Å². The molecule has 1 aromatic heterocycles. The van der Waals surface area contributed by atoms with Gasteiger partial charge >= 0.3 is 5.97 Å². The quantitative estimate of drug-likeness (QED) is 0.0627. The minimum atomic E-state index is -0.941. The minimum Gasteiger partial charge on any atom is -0.480 e. The van der Waals surface area contributed by atoms with Crippen molar-refractivity contribution in [3.8, 4) is 22.5 Å². The second-order valence-electron chi connectivity index (χ2n) is 13.1. The highest BCUT2D eigenvalue weighted by Crippen LogP contribution is 2.43. The molecule has 1 heterocycles. The molecule has 0 fully saturated rings. The number of carboxylic acid groups (broad SMARTS) is 1. The average molecular weight is 678 g/mol. The summed E-state index contributed by atoms with van der Waals surface area (Å²) in [5, 5.41) is 24.2. The SMILES string of the molecule is CC(C)[C@@H](C(=O)O)N(CCCCC=O)Cc1ccc(-c2ccccc2)c(-c2nnnn2C(c2ccccc2)(c2ccccc2)c2ccccc2)c1. The van der Waals surface area contributed by atoms with Gasteiger partial charge in [0.2, 0.25) is 0 Å². The van der Waals surface area contributed by atoms with E-state index in [-0.39, 0.29) is 5.92 Å². The molecule has 0 aliphatic heterocycles. The van der Waals surface area contributed by atoms with E-state index in [1.807, 2.05) is 96.2 Å². The maximum Gasteiger partial charge on any atom is 0.321 e. The number of carbonyl (C=O) groups is 2. The van der Waals surface area contributed by atoms with Crippen LogP contribution in [0.15, 0.2) is 140 Å². The van der Waals surface area contributed by atoms with Gasteiger partial charge in [-0.05, 0) is 75.2 Å². The number of tetrazole rings is 1.